The molecule has 0 aliphatic carbocycles. The number of unbranched alkanes of at least 4 members (excludes halogenated alkanes) is 1. The van der Waals surface area contributed by atoms with Crippen molar-refractivity contribution in [2.75, 3.05) is 13.2 Å². The van der Waals surface area contributed by atoms with E-state index in [0.717, 1.165) is 0 Å². The summed E-state index contributed by atoms with van der Waals surface area (Å²) >= 11 is 0. The predicted octanol–water partition coefficient (Wildman–Crippen LogP) is 1.47. The van der Waals surface area contributed by atoms with Crippen molar-refractivity contribution in [3.05, 3.63) is 47.2 Å². The first kappa shape index (κ1) is 15.8. The Morgan fingerprint density at radius 1 is 1.18 bits per heavy atom. The van der Waals surface area contributed by atoms with Gasteiger partial charge in [0.25, 0.3) is 11.8 Å². The first-order valence-electron chi connectivity index (χ1n) is 7.06. The number of nitrogens with two attached hydrogens (primary N) is 1. The van der Waals surface area contributed by atoms with Crippen LogP contribution in [0.5, 0.6) is 0 Å². The van der Waals surface area contributed by atoms with Crippen LogP contribution in [0, 0.1) is 0 Å². The standard InChI is InChI=1S/C16H18N2O4/c1-11(17)10-14(19)22-9-5-4-8-18-15(20)12-6-2-3-7-13(12)16(18)21/h2-3,6-7,10H,4-5,8-9,17H2,1H3. The summed E-state index contributed by atoms with van der Waals surface area (Å²) in [5, 5.41) is 0. The normalized spacial score (nSPS) is 14.2. The molecule has 116 valence electrons. The second-order valence-electron chi connectivity index (χ2n) is 5.07. The quantitative estimate of drug-likeness (QED) is 0.372. The number of nitrogens with zero attached hydrogens (tertiary/aromatic N) is 1. The number of rotatable bonds is 6. The maximum atomic E-state index is 12.1. The van der Waals surface area contributed by atoms with Crippen LogP contribution < -0.4 is 5.73 Å². The van der Waals surface area contributed by atoms with Crippen molar-refractivity contribution in [3.8, 4) is 0 Å². The molecule has 22 heavy (non-hydrogen) atoms. The molecule has 1 aromatic carbocycles. The van der Waals surface area contributed by atoms with Gasteiger partial charge < -0.3 is 10.5 Å². The van der Waals surface area contributed by atoms with Gasteiger partial charge in [-0.2, -0.15) is 0 Å². The topological polar surface area (TPSA) is 89.7 Å². The van der Waals surface area contributed by atoms with E-state index in [0.29, 0.717) is 36.2 Å². The van der Waals surface area contributed by atoms with E-state index in [-0.39, 0.29) is 18.4 Å². The average Bonchev–Trinajstić information content (AvgIpc) is 2.71. The molecule has 1 aliphatic heterocycles. The van der Waals surface area contributed by atoms with E-state index in [1.807, 2.05) is 0 Å². The number of ether oxygens (including phenoxy) is 1. The van der Waals surface area contributed by atoms with Crippen LogP contribution in [0.25, 0.3) is 0 Å². The summed E-state index contributed by atoms with van der Waals surface area (Å²) in [6.07, 6.45) is 2.35. The number of allylic oxidation sites excluding steroid dienone is 1. The highest BCUT2D eigenvalue weighted by molar-refractivity contribution is 6.21. The lowest BCUT2D eigenvalue weighted by Gasteiger charge is -2.13. The molecule has 0 unspecified atom stereocenters. The molecule has 6 nitrogen and oxygen atoms in total. The molecule has 0 atom stereocenters. The van der Waals surface area contributed by atoms with Gasteiger partial charge in [-0.05, 0) is 31.9 Å². The minimum atomic E-state index is -0.485. The van der Waals surface area contributed by atoms with Gasteiger partial charge in [0.15, 0.2) is 0 Å². The molecule has 1 aromatic rings. The zero-order valence-corrected chi connectivity index (χ0v) is 12.4. The van der Waals surface area contributed by atoms with Gasteiger partial charge in [-0.15, -0.1) is 0 Å². The van der Waals surface area contributed by atoms with Crippen LogP contribution in [0.2, 0.25) is 0 Å². The Kier molecular flexibility index (Phi) is 4.93. The lowest BCUT2D eigenvalue weighted by Crippen LogP contribution is -2.30. The van der Waals surface area contributed by atoms with Crippen LogP contribution in [-0.2, 0) is 9.53 Å². The molecular formula is C16H18N2O4. The number of benzene rings is 1. The van der Waals surface area contributed by atoms with Crippen molar-refractivity contribution in [3.63, 3.8) is 0 Å². The predicted molar refractivity (Wildman–Crippen MR) is 79.9 cm³/mol. The first-order chi connectivity index (χ1) is 10.5. The fraction of sp³-hybridized carbons (Fsp3) is 0.312. The zero-order valence-electron chi connectivity index (χ0n) is 12.4. The molecule has 0 bridgehead atoms. The summed E-state index contributed by atoms with van der Waals surface area (Å²) in [4.78, 5) is 36.7. The van der Waals surface area contributed by atoms with E-state index >= 15 is 0 Å². The van der Waals surface area contributed by atoms with Gasteiger partial charge in [0.05, 0.1) is 17.7 Å². The van der Waals surface area contributed by atoms with Gasteiger partial charge in [-0.1, -0.05) is 12.1 Å². The van der Waals surface area contributed by atoms with Gasteiger partial charge in [-0.3, -0.25) is 14.5 Å². The lowest BCUT2D eigenvalue weighted by atomic mass is 10.1. The molecule has 2 rings (SSSR count). The SMILES string of the molecule is CC(N)=CC(=O)OCCCCN1C(=O)c2ccccc2C1=O. The molecule has 0 fully saturated rings. The highest BCUT2D eigenvalue weighted by atomic mass is 16.5. The molecule has 2 amide bonds. The Morgan fingerprint density at radius 3 is 2.32 bits per heavy atom. The number of hydrogen-bond donors (Lipinski definition) is 1. The molecule has 0 radical (unpaired) electrons. The minimum absolute atomic E-state index is 0.228. The van der Waals surface area contributed by atoms with Crippen molar-refractivity contribution in [1.29, 1.82) is 0 Å². The van der Waals surface area contributed by atoms with Gasteiger partial charge in [0, 0.05) is 18.3 Å². The first-order valence-corrected chi connectivity index (χ1v) is 7.06. The molecule has 6 heteroatoms. The molecule has 1 aliphatic rings. The van der Waals surface area contributed by atoms with E-state index in [2.05, 4.69) is 0 Å². The Morgan fingerprint density at radius 2 is 1.77 bits per heavy atom. The number of carbonyl (C=O) groups excluding carboxylic acids is 3. The molecule has 0 aromatic heterocycles. The van der Waals surface area contributed by atoms with Gasteiger partial charge in [-0.25, -0.2) is 4.79 Å². The summed E-state index contributed by atoms with van der Waals surface area (Å²) in [6.45, 7) is 2.14. The third-order valence-corrected chi connectivity index (χ3v) is 3.24. The van der Waals surface area contributed by atoms with E-state index in [1.165, 1.54) is 11.0 Å². The second kappa shape index (κ2) is 6.89. The summed E-state index contributed by atoms with van der Waals surface area (Å²) < 4.78 is 4.95. The van der Waals surface area contributed by atoms with E-state index in [1.54, 1.807) is 31.2 Å². The van der Waals surface area contributed by atoms with Gasteiger partial charge in [0.2, 0.25) is 0 Å². The smallest absolute Gasteiger partial charge is 0.332 e. The third-order valence-electron chi connectivity index (χ3n) is 3.24. The van der Waals surface area contributed by atoms with Crippen molar-refractivity contribution in [2.45, 2.75) is 19.8 Å². The maximum Gasteiger partial charge on any atom is 0.332 e. The number of fused-ring (bicyclic) bond motifs is 1. The van der Waals surface area contributed by atoms with Crippen LogP contribution in [0.15, 0.2) is 36.0 Å². The number of carbonyl (C=O) groups is 3. The number of esters is 1. The fourth-order valence-corrected chi connectivity index (χ4v) is 2.21. The number of amides is 2. The maximum absolute atomic E-state index is 12.1. The van der Waals surface area contributed by atoms with Gasteiger partial charge >= 0.3 is 5.97 Å². The van der Waals surface area contributed by atoms with Crippen LogP contribution >= 0.6 is 0 Å². The molecule has 0 saturated heterocycles. The third kappa shape index (κ3) is 3.52. The second-order valence-corrected chi connectivity index (χ2v) is 5.07. The number of hydrogen-bond acceptors (Lipinski definition) is 5. The summed E-state index contributed by atoms with van der Waals surface area (Å²) in [6, 6.07) is 6.78. The van der Waals surface area contributed by atoms with E-state index in [4.69, 9.17) is 10.5 Å². The Balaban J connectivity index is 1.77. The highest BCUT2D eigenvalue weighted by Gasteiger charge is 2.34. The summed E-state index contributed by atoms with van der Waals surface area (Å²) in [5.74, 6) is -1.01. The lowest BCUT2D eigenvalue weighted by molar-refractivity contribution is -0.137. The van der Waals surface area contributed by atoms with Crippen molar-refractivity contribution in [2.24, 2.45) is 5.73 Å². The van der Waals surface area contributed by atoms with Crippen molar-refractivity contribution < 1.29 is 19.1 Å². The Labute approximate surface area is 128 Å². The molecule has 1 heterocycles. The molecule has 0 saturated carbocycles. The van der Waals surface area contributed by atoms with Crippen LogP contribution in [0.3, 0.4) is 0 Å². The van der Waals surface area contributed by atoms with Crippen LogP contribution in [0.4, 0.5) is 0 Å². The zero-order chi connectivity index (χ0) is 16.1. The highest BCUT2D eigenvalue weighted by Crippen LogP contribution is 2.22. The Bertz CT molecular complexity index is 598. The molecule has 0 spiro atoms. The number of imide groups is 1. The van der Waals surface area contributed by atoms with E-state index in [9.17, 15) is 14.4 Å². The van der Waals surface area contributed by atoms with E-state index < -0.39 is 5.97 Å². The summed E-state index contributed by atoms with van der Waals surface area (Å²) in [7, 11) is 0. The Hall–Kier alpha value is -2.63. The molecular weight excluding hydrogens is 284 g/mol. The van der Waals surface area contributed by atoms with Gasteiger partial charge in [0.1, 0.15) is 0 Å². The fourth-order valence-electron chi connectivity index (χ4n) is 2.21. The minimum Gasteiger partial charge on any atom is -0.462 e. The van der Waals surface area contributed by atoms with Crippen molar-refractivity contribution >= 4 is 17.8 Å². The van der Waals surface area contributed by atoms with Crippen LogP contribution in [0.1, 0.15) is 40.5 Å². The average molecular weight is 302 g/mol. The van der Waals surface area contributed by atoms with Crippen LogP contribution in [-0.4, -0.2) is 35.8 Å². The monoisotopic (exact) mass is 302 g/mol. The molecule has 2 N–H and O–H groups in total. The van der Waals surface area contributed by atoms with Crippen molar-refractivity contribution in [1.82, 2.24) is 4.90 Å². The largest absolute Gasteiger partial charge is 0.462 e. The summed E-state index contributed by atoms with van der Waals surface area (Å²) in [5.41, 5.74) is 6.64.